The summed E-state index contributed by atoms with van der Waals surface area (Å²) in [6, 6.07) is 8.11. The van der Waals surface area contributed by atoms with Gasteiger partial charge in [-0.05, 0) is 62.1 Å². The van der Waals surface area contributed by atoms with E-state index in [1.165, 1.54) is 28.4 Å². The molecule has 0 aliphatic carbocycles. The van der Waals surface area contributed by atoms with Crippen molar-refractivity contribution in [1.29, 1.82) is 0 Å². The molecular weight excluding hydrogens is 497 g/mol. The smallest absolute Gasteiger partial charge is 0.297 e. The third-order valence-corrected chi connectivity index (χ3v) is 6.93. The van der Waals surface area contributed by atoms with Crippen molar-refractivity contribution in [3.05, 3.63) is 74.3 Å². The van der Waals surface area contributed by atoms with Crippen molar-refractivity contribution in [2.45, 2.75) is 40.2 Å². The lowest BCUT2D eigenvalue weighted by atomic mass is 9.98. The summed E-state index contributed by atoms with van der Waals surface area (Å²) in [6.07, 6.45) is 0.882. The van der Waals surface area contributed by atoms with Crippen LogP contribution in [-0.2, 0) is 0 Å². The summed E-state index contributed by atoms with van der Waals surface area (Å²) in [7, 11) is 0. The average molecular weight is 524 g/mol. The molecule has 4 aromatic rings. The van der Waals surface area contributed by atoms with E-state index in [0.717, 1.165) is 12.5 Å². The molecule has 3 heterocycles. The van der Waals surface area contributed by atoms with Crippen LogP contribution in [-0.4, -0.2) is 29.3 Å². The predicted molar refractivity (Wildman–Crippen MR) is 138 cm³/mol. The Morgan fingerprint density at radius 3 is 2.62 bits per heavy atom. The molecule has 0 saturated heterocycles. The van der Waals surface area contributed by atoms with Crippen molar-refractivity contribution >= 4 is 33.3 Å². The summed E-state index contributed by atoms with van der Waals surface area (Å²) in [5.74, 6) is 0.361. The Bertz CT molecular complexity index is 1550. The molecule has 2 aromatic heterocycles. The quantitative estimate of drug-likeness (QED) is 0.294. The number of amides is 1. The van der Waals surface area contributed by atoms with Gasteiger partial charge in [0.05, 0.1) is 30.2 Å². The van der Waals surface area contributed by atoms with Gasteiger partial charge in [0.2, 0.25) is 10.9 Å². The highest BCUT2D eigenvalue weighted by Crippen LogP contribution is 2.44. The molecule has 2 aromatic carbocycles. The Hall–Kier alpha value is -3.79. The predicted octanol–water partition coefficient (Wildman–Crippen LogP) is 5.67. The van der Waals surface area contributed by atoms with Crippen molar-refractivity contribution < 1.29 is 23.1 Å². The van der Waals surface area contributed by atoms with E-state index in [-0.39, 0.29) is 22.3 Å². The van der Waals surface area contributed by atoms with Gasteiger partial charge in [-0.25, -0.2) is 4.39 Å². The van der Waals surface area contributed by atoms with Gasteiger partial charge < -0.3 is 13.9 Å². The lowest BCUT2D eigenvalue weighted by Gasteiger charge is -2.23. The number of benzene rings is 2. The molecule has 0 bridgehead atoms. The highest BCUT2D eigenvalue weighted by molar-refractivity contribution is 7.15. The zero-order chi connectivity index (χ0) is 26.3. The first kappa shape index (κ1) is 24.9. The largest absolute Gasteiger partial charge is 0.490 e. The van der Waals surface area contributed by atoms with Gasteiger partial charge in [0.25, 0.3) is 5.91 Å². The lowest BCUT2D eigenvalue weighted by molar-refractivity contribution is 0.0970. The second kappa shape index (κ2) is 9.93. The molecule has 1 atom stereocenters. The number of anilines is 1. The lowest BCUT2D eigenvalue weighted by Crippen LogP contribution is -2.29. The number of aromatic nitrogens is 2. The molecule has 37 heavy (non-hydrogen) atoms. The molecule has 0 radical (unpaired) electrons. The fourth-order valence-electron chi connectivity index (χ4n) is 4.33. The summed E-state index contributed by atoms with van der Waals surface area (Å²) in [5.41, 5.74) is 0.374. The number of halogens is 1. The van der Waals surface area contributed by atoms with Crippen LogP contribution in [0.15, 0.2) is 45.6 Å². The molecule has 8 nitrogen and oxygen atoms in total. The van der Waals surface area contributed by atoms with E-state index in [9.17, 15) is 14.0 Å². The van der Waals surface area contributed by atoms with E-state index in [1.54, 1.807) is 25.1 Å². The van der Waals surface area contributed by atoms with Crippen molar-refractivity contribution in [3.8, 4) is 11.5 Å². The maximum Gasteiger partial charge on any atom is 0.297 e. The van der Waals surface area contributed by atoms with Gasteiger partial charge in [0.15, 0.2) is 16.9 Å². The number of aryl methyl sites for hydroxylation is 1. The van der Waals surface area contributed by atoms with Gasteiger partial charge in [-0.1, -0.05) is 31.3 Å². The van der Waals surface area contributed by atoms with Crippen molar-refractivity contribution in [1.82, 2.24) is 10.2 Å². The van der Waals surface area contributed by atoms with E-state index in [4.69, 9.17) is 13.9 Å². The third kappa shape index (κ3) is 4.57. The molecule has 5 rings (SSSR count). The zero-order valence-electron chi connectivity index (χ0n) is 20.9. The van der Waals surface area contributed by atoms with E-state index < -0.39 is 23.2 Å². The number of rotatable bonds is 8. The first-order chi connectivity index (χ1) is 17.8. The van der Waals surface area contributed by atoms with Crippen LogP contribution in [0.4, 0.5) is 9.52 Å². The van der Waals surface area contributed by atoms with Gasteiger partial charge >= 0.3 is 0 Å². The van der Waals surface area contributed by atoms with Crippen LogP contribution in [0, 0.1) is 18.7 Å². The van der Waals surface area contributed by atoms with Gasteiger partial charge in [-0.3, -0.25) is 14.5 Å². The van der Waals surface area contributed by atoms with Crippen molar-refractivity contribution in [2.24, 2.45) is 5.92 Å². The van der Waals surface area contributed by atoms with Crippen LogP contribution >= 0.6 is 11.3 Å². The minimum atomic E-state index is -0.873. The van der Waals surface area contributed by atoms with Crippen LogP contribution in [0.2, 0.25) is 0 Å². The van der Waals surface area contributed by atoms with Crippen LogP contribution in [0.3, 0.4) is 0 Å². The molecule has 1 unspecified atom stereocenters. The highest BCUT2D eigenvalue weighted by atomic mass is 32.1. The molecule has 0 N–H and O–H groups in total. The number of carbonyl (C=O) groups excluding carboxylic acids is 1. The Morgan fingerprint density at radius 2 is 1.92 bits per heavy atom. The highest BCUT2D eigenvalue weighted by Gasteiger charge is 2.45. The number of hydrogen-bond acceptors (Lipinski definition) is 8. The molecule has 1 aliphatic heterocycles. The fourth-order valence-corrected chi connectivity index (χ4v) is 5.04. The molecule has 0 spiro atoms. The van der Waals surface area contributed by atoms with Crippen LogP contribution < -0.4 is 19.8 Å². The third-order valence-electron chi connectivity index (χ3n) is 6.09. The van der Waals surface area contributed by atoms with E-state index in [1.807, 2.05) is 6.92 Å². The summed E-state index contributed by atoms with van der Waals surface area (Å²) in [6.45, 7) is 8.81. The van der Waals surface area contributed by atoms with Crippen LogP contribution in [0.25, 0.3) is 11.0 Å². The average Bonchev–Trinajstić information content (AvgIpc) is 3.41. The molecule has 0 fully saturated rings. The van der Waals surface area contributed by atoms with Crippen LogP contribution in [0.1, 0.15) is 59.9 Å². The summed E-state index contributed by atoms with van der Waals surface area (Å²) < 4.78 is 31.8. The van der Waals surface area contributed by atoms with Crippen molar-refractivity contribution in [2.75, 3.05) is 18.1 Å². The molecule has 1 aliphatic rings. The number of ether oxygens (including phenoxy) is 2. The summed E-state index contributed by atoms with van der Waals surface area (Å²) in [5, 5.41) is 9.27. The monoisotopic (exact) mass is 523 g/mol. The molecule has 10 heteroatoms. The number of fused-ring (bicyclic) bond motifs is 2. The van der Waals surface area contributed by atoms with Crippen molar-refractivity contribution in [3.63, 3.8) is 0 Å². The number of hydrogen-bond donors (Lipinski definition) is 0. The second-order valence-corrected chi connectivity index (χ2v) is 10.3. The first-order valence-electron chi connectivity index (χ1n) is 12.1. The van der Waals surface area contributed by atoms with E-state index in [0.29, 0.717) is 46.3 Å². The van der Waals surface area contributed by atoms with E-state index in [2.05, 4.69) is 24.0 Å². The van der Waals surface area contributed by atoms with Gasteiger partial charge in [-0.2, -0.15) is 0 Å². The molecule has 0 saturated carbocycles. The first-order valence-corrected chi connectivity index (χ1v) is 12.9. The Morgan fingerprint density at radius 1 is 1.11 bits per heavy atom. The van der Waals surface area contributed by atoms with Gasteiger partial charge in [-0.15, -0.1) is 10.2 Å². The zero-order valence-corrected chi connectivity index (χ0v) is 21.7. The number of nitrogens with zero attached hydrogens (tertiary/aromatic N) is 3. The minimum Gasteiger partial charge on any atom is -0.490 e. The molecule has 192 valence electrons. The normalized spacial score (nSPS) is 15.0. The fraction of sp³-hybridized carbons (Fsp3) is 0.333. The van der Waals surface area contributed by atoms with E-state index >= 15 is 0 Å². The molecular formula is C27H26FN3O5S. The molecule has 1 amide bonds. The maximum absolute atomic E-state index is 14.0. The summed E-state index contributed by atoms with van der Waals surface area (Å²) in [4.78, 5) is 28.7. The maximum atomic E-state index is 14.0. The van der Waals surface area contributed by atoms with Crippen LogP contribution in [0.5, 0.6) is 11.5 Å². The Labute approximate surface area is 216 Å². The van der Waals surface area contributed by atoms with Gasteiger partial charge in [0.1, 0.15) is 16.4 Å². The standard InChI is InChI=1S/C27H26FN3O5S/c1-5-34-21-12-16(6-8-20(21)35-11-10-14(2)3)23-22-24(32)18-13-17(28)7-9-19(18)36-25(22)26(33)31(23)27-30-29-15(4)37-27/h6-9,12-14,23H,5,10-11H2,1-4H3. The Balaban J connectivity index is 1.68. The summed E-state index contributed by atoms with van der Waals surface area (Å²) >= 11 is 1.22. The number of carbonyl (C=O) groups is 1. The van der Waals surface area contributed by atoms with Gasteiger partial charge in [0, 0.05) is 0 Å². The Kier molecular flexibility index (Phi) is 6.68. The topological polar surface area (TPSA) is 94.8 Å². The SMILES string of the molecule is CCOc1cc(C2c3c(oc4ccc(F)cc4c3=O)C(=O)N2c2nnc(C)s2)ccc1OCCC(C)C. The second-order valence-electron chi connectivity index (χ2n) is 9.17. The minimum absolute atomic E-state index is 0.0607.